The molecule has 0 radical (unpaired) electrons. The molecule has 16 heavy (non-hydrogen) atoms. The van der Waals surface area contributed by atoms with Crippen molar-refractivity contribution >= 4 is 17.1 Å². The zero-order valence-corrected chi connectivity index (χ0v) is 9.18. The predicted molar refractivity (Wildman–Crippen MR) is 61.2 cm³/mol. The molecule has 1 aromatic carbocycles. The van der Waals surface area contributed by atoms with Crippen molar-refractivity contribution < 1.29 is 4.79 Å². The van der Waals surface area contributed by atoms with E-state index in [4.69, 9.17) is 0 Å². The molecule has 5 heteroatoms. The number of fused-ring (bicyclic) bond motifs is 1. The fraction of sp³-hybridized carbons (Fsp3) is 0.364. The first-order chi connectivity index (χ1) is 7.83. The van der Waals surface area contributed by atoms with Gasteiger partial charge in [-0.3, -0.25) is 0 Å². The van der Waals surface area contributed by atoms with Gasteiger partial charge in [0.05, 0.1) is 5.52 Å². The Labute approximate surface area is 93.4 Å². The van der Waals surface area contributed by atoms with Crippen LogP contribution in [-0.2, 0) is 0 Å². The maximum absolute atomic E-state index is 11.7. The zero-order valence-electron chi connectivity index (χ0n) is 9.18. The third-order valence-electron chi connectivity index (χ3n) is 2.35. The number of hydrogen-bond acceptors (Lipinski definition) is 3. The van der Waals surface area contributed by atoms with E-state index in [0.717, 1.165) is 23.9 Å². The van der Waals surface area contributed by atoms with Crippen molar-refractivity contribution in [2.75, 3.05) is 6.54 Å². The van der Waals surface area contributed by atoms with Gasteiger partial charge in [0.15, 0.2) is 0 Å². The van der Waals surface area contributed by atoms with E-state index in [1.165, 1.54) is 4.68 Å². The third kappa shape index (κ3) is 2.03. The lowest BCUT2D eigenvalue weighted by molar-refractivity contribution is 0.240. The summed E-state index contributed by atoms with van der Waals surface area (Å²) in [5.41, 5.74) is 1.46. The summed E-state index contributed by atoms with van der Waals surface area (Å²) in [6.45, 7) is 2.75. The molecule has 2 aromatic rings. The summed E-state index contributed by atoms with van der Waals surface area (Å²) in [5, 5.41) is 10.5. The van der Waals surface area contributed by atoms with Crippen molar-refractivity contribution in [3.8, 4) is 0 Å². The molecule has 0 aliphatic heterocycles. The minimum absolute atomic E-state index is 0.220. The SMILES string of the molecule is CCCCNC(=O)n1nnc2ccccc21. The summed E-state index contributed by atoms with van der Waals surface area (Å²) >= 11 is 0. The largest absolute Gasteiger partial charge is 0.344 e. The van der Waals surface area contributed by atoms with Gasteiger partial charge in [0, 0.05) is 6.54 Å². The van der Waals surface area contributed by atoms with Gasteiger partial charge in [0.25, 0.3) is 0 Å². The fourth-order valence-electron chi connectivity index (χ4n) is 1.47. The standard InChI is InChI=1S/C11H14N4O/c1-2-3-8-12-11(16)15-10-7-5-4-6-9(10)13-14-15/h4-7H,2-3,8H2,1H3,(H,12,16). The summed E-state index contributed by atoms with van der Waals surface area (Å²) in [4.78, 5) is 11.7. The van der Waals surface area contributed by atoms with E-state index >= 15 is 0 Å². The first-order valence-electron chi connectivity index (χ1n) is 5.41. The fourth-order valence-corrected chi connectivity index (χ4v) is 1.47. The topological polar surface area (TPSA) is 59.8 Å². The quantitative estimate of drug-likeness (QED) is 0.799. The summed E-state index contributed by atoms with van der Waals surface area (Å²) in [6, 6.07) is 7.17. The van der Waals surface area contributed by atoms with Gasteiger partial charge in [-0.2, -0.15) is 4.68 Å². The van der Waals surface area contributed by atoms with Gasteiger partial charge in [-0.25, -0.2) is 4.79 Å². The van der Waals surface area contributed by atoms with Crippen molar-refractivity contribution in [3.63, 3.8) is 0 Å². The Hall–Kier alpha value is -1.91. The van der Waals surface area contributed by atoms with Gasteiger partial charge in [0.2, 0.25) is 0 Å². The molecule has 0 saturated heterocycles. The van der Waals surface area contributed by atoms with Crippen molar-refractivity contribution in [2.45, 2.75) is 19.8 Å². The number of unbranched alkanes of at least 4 members (excludes halogenated alkanes) is 1. The van der Waals surface area contributed by atoms with Crippen molar-refractivity contribution in [1.29, 1.82) is 0 Å². The van der Waals surface area contributed by atoms with Crippen LogP contribution in [-0.4, -0.2) is 27.6 Å². The van der Waals surface area contributed by atoms with Crippen LogP contribution in [0.1, 0.15) is 19.8 Å². The van der Waals surface area contributed by atoms with Gasteiger partial charge >= 0.3 is 6.03 Å². The van der Waals surface area contributed by atoms with Gasteiger partial charge in [-0.1, -0.05) is 30.7 Å². The second-order valence-corrected chi connectivity index (χ2v) is 3.58. The van der Waals surface area contributed by atoms with Crippen LogP contribution < -0.4 is 5.32 Å². The molecular weight excluding hydrogens is 204 g/mol. The van der Waals surface area contributed by atoms with E-state index in [-0.39, 0.29) is 6.03 Å². The van der Waals surface area contributed by atoms with Crippen LogP contribution >= 0.6 is 0 Å². The number of nitrogens with one attached hydrogen (secondary N) is 1. The Bertz CT molecular complexity index is 491. The summed E-state index contributed by atoms with van der Waals surface area (Å²) in [5.74, 6) is 0. The molecule has 1 aromatic heterocycles. The van der Waals surface area contributed by atoms with Crippen LogP contribution in [0.25, 0.3) is 11.0 Å². The average molecular weight is 218 g/mol. The molecule has 1 heterocycles. The highest BCUT2D eigenvalue weighted by molar-refractivity contribution is 5.87. The number of benzene rings is 1. The Morgan fingerprint density at radius 1 is 1.44 bits per heavy atom. The normalized spacial score (nSPS) is 10.6. The molecule has 0 bridgehead atoms. The van der Waals surface area contributed by atoms with Crippen molar-refractivity contribution in [3.05, 3.63) is 24.3 Å². The number of carbonyl (C=O) groups is 1. The number of para-hydroxylation sites is 1. The second-order valence-electron chi connectivity index (χ2n) is 3.58. The molecule has 1 N–H and O–H groups in total. The summed E-state index contributed by atoms with van der Waals surface area (Å²) in [6.07, 6.45) is 2.02. The number of rotatable bonds is 3. The van der Waals surface area contributed by atoms with E-state index in [0.29, 0.717) is 6.54 Å². The summed E-state index contributed by atoms with van der Waals surface area (Å²) in [7, 11) is 0. The minimum Gasteiger partial charge on any atom is -0.336 e. The number of hydrogen-bond donors (Lipinski definition) is 1. The van der Waals surface area contributed by atoms with Crippen molar-refractivity contribution in [2.24, 2.45) is 0 Å². The third-order valence-corrected chi connectivity index (χ3v) is 2.35. The van der Waals surface area contributed by atoms with Gasteiger partial charge in [-0.05, 0) is 18.6 Å². The Morgan fingerprint density at radius 3 is 3.06 bits per heavy atom. The molecule has 0 aliphatic rings. The average Bonchev–Trinajstić information content (AvgIpc) is 2.73. The number of amides is 1. The highest BCUT2D eigenvalue weighted by Crippen LogP contribution is 2.08. The van der Waals surface area contributed by atoms with Crippen molar-refractivity contribution in [1.82, 2.24) is 20.3 Å². The molecule has 0 fully saturated rings. The molecule has 0 saturated carbocycles. The molecule has 0 spiro atoms. The number of nitrogens with zero attached hydrogens (tertiary/aromatic N) is 3. The predicted octanol–water partition coefficient (Wildman–Crippen LogP) is 1.79. The van der Waals surface area contributed by atoms with E-state index in [2.05, 4.69) is 22.6 Å². The molecule has 84 valence electrons. The second kappa shape index (κ2) is 4.74. The Morgan fingerprint density at radius 2 is 2.25 bits per heavy atom. The smallest absolute Gasteiger partial charge is 0.336 e. The molecule has 0 aliphatic carbocycles. The van der Waals surface area contributed by atoms with E-state index in [1.54, 1.807) is 0 Å². The molecule has 0 atom stereocenters. The Kier molecular flexibility index (Phi) is 3.14. The van der Waals surface area contributed by atoms with E-state index in [9.17, 15) is 4.79 Å². The first-order valence-corrected chi connectivity index (χ1v) is 5.41. The van der Waals surface area contributed by atoms with Gasteiger partial charge < -0.3 is 5.32 Å². The van der Waals surface area contributed by atoms with Crippen LogP contribution in [0.15, 0.2) is 24.3 Å². The van der Waals surface area contributed by atoms with E-state index < -0.39 is 0 Å². The van der Waals surface area contributed by atoms with Crippen LogP contribution in [0.3, 0.4) is 0 Å². The maximum atomic E-state index is 11.7. The molecule has 5 nitrogen and oxygen atoms in total. The lowest BCUT2D eigenvalue weighted by Gasteiger charge is -2.03. The lowest BCUT2D eigenvalue weighted by atomic mass is 10.3. The highest BCUT2D eigenvalue weighted by Gasteiger charge is 2.09. The number of carbonyl (C=O) groups excluding carboxylic acids is 1. The van der Waals surface area contributed by atoms with Gasteiger partial charge in [0.1, 0.15) is 5.52 Å². The van der Waals surface area contributed by atoms with Crippen LogP contribution in [0, 0.1) is 0 Å². The van der Waals surface area contributed by atoms with Crippen LogP contribution in [0.2, 0.25) is 0 Å². The maximum Gasteiger partial charge on any atom is 0.344 e. The molecule has 2 rings (SSSR count). The Balaban J connectivity index is 2.17. The van der Waals surface area contributed by atoms with Gasteiger partial charge in [-0.15, -0.1) is 5.10 Å². The summed E-state index contributed by atoms with van der Waals surface area (Å²) < 4.78 is 1.30. The molecule has 1 amide bonds. The van der Waals surface area contributed by atoms with Crippen LogP contribution in [0.4, 0.5) is 4.79 Å². The first kappa shape index (κ1) is 10.6. The molecular formula is C11H14N4O. The lowest BCUT2D eigenvalue weighted by Crippen LogP contribution is -2.30. The minimum atomic E-state index is -0.220. The number of aromatic nitrogens is 3. The molecule has 0 unspecified atom stereocenters. The van der Waals surface area contributed by atoms with E-state index in [1.807, 2.05) is 24.3 Å². The highest BCUT2D eigenvalue weighted by atomic mass is 16.2. The monoisotopic (exact) mass is 218 g/mol. The zero-order chi connectivity index (χ0) is 11.4. The van der Waals surface area contributed by atoms with Crippen LogP contribution in [0.5, 0.6) is 0 Å².